The molecular formula is C19H21NO3S. The van der Waals surface area contributed by atoms with Crippen LogP contribution in [0.2, 0.25) is 0 Å². The van der Waals surface area contributed by atoms with E-state index in [-0.39, 0.29) is 5.91 Å². The zero-order chi connectivity index (χ0) is 17.7. The van der Waals surface area contributed by atoms with Crippen molar-refractivity contribution in [3.63, 3.8) is 0 Å². The maximum Gasteiger partial charge on any atom is 0.329 e. The Balaban J connectivity index is 2.03. The van der Waals surface area contributed by atoms with Crippen molar-refractivity contribution >= 4 is 23.6 Å². The number of benzene rings is 2. The predicted octanol–water partition coefficient (Wildman–Crippen LogP) is 3.91. The van der Waals surface area contributed by atoms with Crippen molar-refractivity contribution in [2.75, 3.05) is 7.05 Å². The summed E-state index contributed by atoms with van der Waals surface area (Å²) >= 11 is 1.73. The average molecular weight is 343 g/mol. The summed E-state index contributed by atoms with van der Waals surface area (Å²) in [5, 5.41) is 9.23. The van der Waals surface area contributed by atoms with Gasteiger partial charge in [-0.3, -0.25) is 4.79 Å². The quantitative estimate of drug-likeness (QED) is 0.808. The van der Waals surface area contributed by atoms with Gasteiger partial charge in [0.2, 0.25) is 0 Å². The molecule has 1 amide bonds. The van der Waals surface area contributed by atoms with Crippen LogP contribution in [0.15, 0.2) is 59.5 Å². The van der Waals surface area contributed by atoms with Crippen molar-refractivity contribution in [2.24, 2.45) is 0 Å². The molecule has 24 heavy (non-hydrogen) atoms. The number of hydrogen-bond donors (Lipinski definition) is 1. The Morgan fingerprint density at radius 1 is 1.04 bits per heavy atom. The highest BCUT2D eigenvalue weighted by atomic mass is 32.2. The average Bonchev–Trinajstić information content (AvgIpc) is 2.60. The first-order valence-corrected chi connectivity index (χ1v) is 8.59. The fourth-order valence-electron chi connectivity index (χ4n) is 2.02. The van der Waals surface area contributed by atoms with Crippen LogP contribution in [0, 0.1) is 0 Å². The minimum atomic E-state index is -1.25. The second-order valence-electron chi connectivity index (χ2n) is 6.03. The van der Waals surface area contributed by atoms with Crippen LogP contribution in [0.5, 0.6) is 0 Å². The topological polar surface area (TPSA) is 57.6 Å². The van der Waals surface area contributed by atoms with Gasteiger partial charge in [0, 0.05) is 23.3 Å². The molecule has 5 heteroatoms. The van der Waals surface area contributed by atoms with E-state index >= 15 is 0 Å². The van der Waals surface area contributed by atoms with Gasteiger partial charge >= 0.3 is 5.97 Å². The second kappa shape index (κ2) is 7.53. The van der Waals surface area contributed by atoms with Gasteiger partial charge in [-0.25, -0.2) is 4.79 Å². The van der Waals surface area contributed by atoms with E-state index in [0.717, 1.165) is 11.3 Å². The first-order valence-electron chi connectivity index (χ1n) is 7.60. The van der Waals surface area contributed by atoms with Crippen molar-refractivity contribution in [3.8, 4) is 0 Å². The summed E-state index contributed by atoms with van der Waals surface area (Å²) in [6.07, 6.45) is 0. The van der Waals surface area contributed by atoms with E-state index in [0.29, 0.717) is 5.56 Å². The number of hydrogen-bond acceptors (Lipinski definition) is 3. The molecule has 0 aliphatic rings. The van der Waals surface area contributed by atoms with Gasteiger partial charge in [-0.05, 0) is 43.7 Å². The van der Waals surface area contributed by atoms with E-state index in [9.17, 15) is 14.7 Å². The normalized spacial score (nSPS) is 11.1. The molecule has 0 atom stereocenters. The van der Waals surface area contributed by atoms with Crippen LogP contribution in [-0.2, 0) is 10.5 Å². The van der Waals surface area contributed by atoms with Crippen molar-refractivity contribution in [1.82, 2.24) is 4.90 Å². The summed E-state index contributed by atoms with van der Waals surface area (Å²) in [5.41, 5.74) is 0.347. The van der Waals surface area contributed by atoms with Gasteiger partial charge in [0.15, 0.2) is 0 Å². The molecule has 0 spiro atoms. The fourth-order valence-corrected chi connectivity index (χ4v) is 2.89. The summed E-state index contributed by atoms with van der Waals surface area (Å²) in [5.74, 6) is -0.520. The molecule has 1 N–H and O–H groups in total. The number of amides is 1. The van der Waals surface area contributed by atoms with Gasteiger partial charge in [-0.1, -0.05) is 30.3 Å². The molecule has 0 aliphatic carbocycles. The van der Waals surface area contributed by atoms with Crippen molar-refractivity contribution in [1.29, 1.82) is 0 Å². The Labute approximate surface area is 146 Å². The van der Waals surface area contributed by atoms with E-state index in [2.05, 4.69) is 12.1 Å². The van der Waals surface area contributed by atoms with E-state index < -0.39 is 11.5 Å². The number of carbonyl (C=O) groups excluding carboxylic acids is 1. The lowest BCUT2D eigenvalue weighted by molar-refractivity contribution is -0.147. The molecule has 0 bridgehead atoms. The molecule has 0 aliphatic heterocycles. The zero-order valence-electron chi connectivity index (χ0n) is 14.0. The number of nitrogens with zero attached hydrogens (tertiary/aromatic N) is 1. The largest absolute Gasteiger partial charge is 0.480 e. The standard InChI is InChI=1S/C19H21NO3S/c1-19(2,18(22)23)20(3)17(21)15-11-9-14(10-12-15)13-24-16-7-5-4-6-8-16/h4-12H,13H2,1-3H3,(H,22,23). The van der Waals surface area contributed by atoms with Crippen molar-refractivity contribution in [2.45, 2.75) is 30.0 Å². The van der Waals surface area contributed by atoms with Gasteiger partial charge in [-0.2, -0.15) is 0 Å². The van der Waals surface area contributed by atoms with E-state index in [1.54, 1.807) is 23.9 Å². The highest BCUT2D eigenvalue weighted by molar-refractivity contribution is 7.98. The lowest BCUT2D eigenvalue weighted by Gasteiger charge is -2.31. The molecule has 126 valence electrons. The second-order valence-corrected chi connectivity index (χ2v) is 7.08. The Kier molecular flexibility index (Phi) is 5.67. The smallest absolute Gasteiger partial charge is 0.329 e. The molecule has 2 rings (SSSR count). The zero-order valence-corrected chi connectivity index (χ0v) is 14.8. The third-order valence-electron chi connectivity index (χ3n) is 4.02. The van der Waals surface area contributed by atoms with Crippen LogP contribution >= 0.6 is 11.8 Å². The first kappa shape index (κ1) is 18.1. The Hall–Kier alpha value is -2.27. The summed E-state index contributed by atoms with van der Waals surface area (Å²) in [7, 11) is 1.51. The third kappa shape index (κ3) is 4.17. The van der Waals surface area contributed by atoms with E-state index in [1.807, 2.05) is 30.3 Å². The molecule has 0 unspecified atom stereocenters. The molecule has 0 aromatic heterocycles. The Bertz CT molecular complexity index is 711. The maximum atomic E-state index is 12.4. The van der Waals surface area contributed by atoms with E-state index in [4.69, 9.17) is 0 Å². The predicted molar refractivity (Wildman–Crippen MR) is 96.3 cm³/mol. The summed E-state index contributed by atoms with van der Waals surface area (Å²) in [4.78, 5) is 26.2. The molecule has 2 aromatic carbocycles. The molecule has 0 radical (unpaired) electrons. The number of carboxylic acid groups (broad SMARTS) is 1. The number of likely N-dealkylation sites (N-methyl/N-ethyl adjacent to an activating group) is 1. The van der Waals surface area contributed by atoms with Crippen LogP contribution < -0.4 is 0 Å². The van der Waals surface area contributed by atoms with Crippen LogP contribution in [0.4, 0.5) is 0 Å². The highest BCUT2D eigenvalue weighted by Gasteiger charge is 2.35. The Morgan fingerprint density at radius 3 is 2.17 bits per heavy atom. The van der Waals surface area contributed by atoms with Gasteiger partial charge < -0.3 is 10.0 Å². The van der Waals surface area contributed by atoms with Gasteiger partial charge in [0.1, 0.15) is 5.54 Å². The number of carbonyl (C=O) groups is 2. The number of carboxylic acids is 1. The van der Waals surface area contributed by atoms with Crippen LogP contribution in [0.3, 0.4) is 0 Å². The van der Waals surface area contributed by atoms with E-state index in [1.165, 1.54) is 30.7 Å². The lowest BCUT2D eigenvalue weighted by Crippen LogP contribution is -2.50. The maximum absolute atomic E-state index is 12.4. The summed E-state index contributed by atoms with van der Waals surface area (Å²) in [6.45, 7) is 3.02. The van der Waals surface area contributed by atoms with Crippen LogP contribution in [0.25, 0.3) is 0 Å². The first-order chi connectivity index (χ1) is 11.3. The molecule has 4 nitrogen and oxygen atoms in total. The number of aliphatic carboxylic acids is 1. The lowest BCUT2D eigenvalue weighted by atomic mass is 10.0. The Morgan fingerprint density at radius 2 is 1.62 bits per heavy atom. The molecular weight excluding hydrogens is 322 g/mol. The molecule has 0 heterocycles. The molecule has 2 aromatic rings. The highest BCUT2D eigenvalue weighted by Crippen LogP contribution is 2.23. The van der Waals surface area contributed by atoms with Gasteiger partial charge in [0.05, 0.1) is 0 Å². The minimum absolute atomic E-state index is 0.301. The summed E-state index contributed by atoms with van der Waals surface area (Å²) < 4.78 is 0. The molecule has 0 saturated carbocycles. The van der Waals surface area contributed by atoms with Crippen LogP contribution in [0.1, 0.15) is 29.8 Å². The molecule has 0 saturated heterocycles. The van der Waals surface area contributed by atoms with Crippen LogP contribution in [-0.4, -0.2) is 34.5 Å². The molecule has 0 fully saturated rings. The third-order valence-corrected chi connectivity index (χ3v) is 5.10. The summed E-state index contributed by atoms with van der Waals surface area (Å²) in [6, 6.07) is 17.4. The van der Waals surface area contributed by atoms with Crippen molar-refractivity contribution < 1.29 is 14.7 Å². The van der Waals surface area contributed by atoms with Gasteiger partial charge in [-0.15, -0.1) is 11.8 Å². The SMILES string of the molecule is CN(C(=O)c1ccc(CSc2ccccc2)cc1)C(C)(C)C(=O)O. The minimum Gasteiger partial charge on any atom is -0.480 e. The number of thioether (sulfide) groups is 1. The monoisotopic (exact) mass is 343 g/mol. The van der Waals surface area contributed by atoms with Crippen molar-refractivity contribution in [3.05, 3.63) is 65.7 Å². The van der Waals surface area contributed by atoms with Gasteiger partial charge in [0.25, 0.3) is 5.91 Å². The fraction of sp³-hybridized carbons (Fsp3) is 0.263. The number of rotatable bonds is 6.